The van der Waals surface area contributed by atoms with Crippen molar-refractivity contribution in [2.45, 2.75) is 20.3 Å². The number of hydrogen-bond acceptors (Lipinski definition) is 6. The maximum absolute atomic E-state index is 12.2. The molecule has 0 saturated carbocycles. The minimum absolute atomic E-state index is 0.164. The molecule has 0 bridgehead atoms. The quantitative estimate of drug-likeness (QED) is 0.443. The Balaban J connectivity index is 1.78. The lowest BCUT2D eigenvalue weighted by Gasteiger charge is -2.18. The van der Waals surface area contributed by atoms with Crippen molar-refractivity contribution in [3.05, 3.63) is 59.3 Å². The van der Waals surface area contributed by atoms with Crippen LogP contribution in [-0.4, -0.2) is 35.7 Å². The van der Waals surface area contributed by atoms with Crippen LogP contribution in [0.4, 0.5) is 5.69 Å². The molecule has 3 aromatic rings. The fourth-order valence-electron chi connectivity index (χ4n) is 4.21. The summed E-state index contributed by atoms with van der Waals surface area (Å²) in [4.78, 5) is 16.5. The Morgan fingerprint density at radius 1 is 1.22 bits per heavy atom. The Kier molecular flexibility index (Phi) is 6.01. The normalized spacial score (nSPS) is 15.6. The highest BCUT2D eigenvalue weighted by Crippen LogP contribution is 2.40. The van der Waals surface area contributed by atoms with Crippen LogP contribution >= 0.6 is 0 Å². The number of carbonyl (C=O) groups excluding carboxylic acids is 1. The van der Waals surface area contributed by atoms with E-state index in [4.69, 9.17) is 16.2 Å². The van der Waals surface area contributed by atoms with Gasteiger partial charge in [0.25, 0.3) is 5.91 Å². The minimum atomic E-state index is -0.611. The van der Waals surface area contributed by atoms with Gasteiger partial charge in [-0.05, 0) is 78.9 Å². The van der Waals surface area contributed by atoms with E-state index in [0.29, 0.717) is 29.5 Å². The zero-order chi connectivity index (χ0) is 22.8. The number of amides is 1. The van der Waals surface area contributed by atoms with Crippen LogP contribution < -0.4 is 21.5 Å². The molecule has 7 heteroatoms. The van der Waals surface area contributed by atoms with Crippen LogP contribution in [0.2, 0.25) is 0 Å². The molecule has 1 atom stereocenters. The molecule has 4 rings (SSSR count). The first-order chi connectivity index (χ1) is 15.3. The molecule has 2 aromatic carbocycles. The van der Waals surface area contributed by atoms with Gasteiger partial charge in [0.05, 0.1) is 17.9 Å². The molecule has 1 fully saturated rings. The molecule has 32 heavy (non-hydrogen) atoms. The van der Waals surface area contributed by atoms with Crippen LogP contribution in [0.25, 0.3) is 22.3 Å². The van der Waals surface area contributed by atoms with Gasteiger partial charge in [-0.1, -0.05) is 6.07 Å². The molecule has 1 aromatic heterocycles. The number of nitrogen functional groups attached to an aromatic ring is 1. The number of carbonyl (C=O) groups is 1. The highest BCUT2D eigenvalue weighted by molar-refractivity contribution is 6.04. The largest absolute Gasteiger partial charge is 0.508 e. The standard InChI is InChI=1S/C25H28N4O3/c1-14-3-4-21(30)15(2)23(14)19-9-18(10-20(24(19)26)25(27)31)17-6-8-29-22(11-17)32-13-16-5-7-28-12-16/h3-4,6,8-11,16,28,30H,5,7,12-13,26H2,1-2H3,(H2,27,31)/t16-/m0/s1. The summed E-state index contributed by atoms with van der Waals surface area (Å²) in [5, 5.41) is 13.6. The third-order valence-corrected chi connectivity index (χ3v) is 6.06. The van der Waals surface area contributed by atoms with E-state index in [0.717, 1.165) is 41.8 Å². The van der Waals surface area contributed by atoms with Crippen molar-refractivity contribution in [3.8, 4) is 33.9 Å². The van der Waals surface area contributed by atoms with E-state index in [1.807, 2.05) is 38.1 Å². The van der Waals surface area contributed by atoms with Gasteiger partial charge in [0, 0.05) is 30.3 Å². The predicted octanol–water partition coefficient (Wildman–Crippen LogP) is 3.41. The summed E-state index contributed by atoms with van der Waals surface area (Å²) in [5.74, 6) is 0.553. The number of anilines is 1. The third kappa shape index (κ3) is 4.24. The number of benzene rings is 2. The Bertz CT molecular complexity index is 1170. The molecule has 0 unspecified atom stereocenters. The molecule has 1 aliphatic rings. The van der Waals surface area contributed by atoms with Crippen molar-refractivity contribution in [1.29, 1.82) is 0 Å². The van der Waals surface area contributed by atoms with E-state index < -0.39 is 5.91 Å². The first-order valence-corrected chi connectivity index (χ1v) is 10.7. The highest BCUT2D eigenvalue weighted by atomic mass is 16.5. The number of rotatable bonds is 6. The molecule has 0 spiro atoms. The van der Waals surface area contributed by atoms with E-state index in [9.17, 15) is 9.90 Å². The second-order valence-electron chi connectivity index (χ2n) is 8.30. The zero-order valence-corrected chi connectivity index (χ0v) is 18.3. The summed E-state index contributed by atoms with van der Waals surface area (Å²) in [6.07, 6.45) is 2.77. The number of hydrogen-bond donors (Lipinski definition) is 4. The number of pyridine rings is 1. The lowest BCUT2D eigenvalue weighted by atomic mass is 9.89. The molecule has 0 aliphatic carbocycles. The van der Waals surface area contributed by atoms with Crippen molar-refractivity contribution in [3.63, 3.8) is 0 Å². The van der Waals surface area contributed by atoms with Gasteiger partial charge in [0.1, 0.15) is 5.75 Å². The van der Waals surface area contributed by atoms with Crippen molar-refractivity contribution in [2.24, 2.45) is 11.7 Å². The fourth-order valence-corrected chi connectivity index (χ4v) is 4.21. The maximum atomic E-state index is 12.2. The average Bonchev–Trinajstić information content (AvgIpc) is 3.30. The molecule has 7 nitrogen and oxygen atoms in total. The minimum Gasteiger partial charge on any atom is -0.508 e. The zero-order valence-electron chi connectivity index (χ0n) is 18.3. The lowest BCUT2D eigenvalue weighted by Crippen LogP contribution is -2.16. The first kappa shape index (κ1) is 21.6. The lowest BCUT2D eigenvalue weighted by molar-refractivity contribution is 0.100. The summed E-state index contributed by atoms with van der Waals surface area (Å²) in [6.45, 7) is 6.33. The van der Waals surface area contributed by atoms with Crippen LogP contribution in [0.1, 0.15) is 27.9 Å². The van der Waals surface area contributed by atoms with Crippen molar-refractivity contribution < 1.29 is 14.6 Å². The SMILES string of the molecule is Cc1ccc(O)c(C)c1-c1cc(-c2ccnc(OC[C@H]3CCNC3)c2)cc(C(N)=O)c1N. The molecule has 6 N–H and O–H groups in total. The number of phenolic OH excluding ortho intramolecular Hbond substituents is 1. The van der Waals surface area contributed by atoms with Gasteiger partial charge in [0.15, 0.2) is 0 Å². The molecule has 0 radical (unpaired) electrons. The van der Waals surface area contributed by atoms with Gasteiger partial charge in [-0.3, -0.25) is 4.79 Å². The molecular formula is C25H28N4O3. The van der Waals surface area contributed by atoms with Crippen molar-refractivity contribution >= 4 is 11.6 Å². The summed E-state index contributed by atoms with van der Waals surface area (Å²) < 4.78 is 5.92. The van der Waals surface area contributed by atoms with E-state index >= 15 is 0 Å². The Morgan fingerprint density at radius 2 is 2.03 bits per heavy atom. The first-order valence-electron chi connectivity index (χ1n) is 10.7. The van der Waals surface area contributed by atoms with E-state index in [-0.39, 0.29) is 17.0 Å². The molecular weight excluding hydrogens is 404 g/mol. The van der Waals surface area contributed by atoms with E-state index in [1.54, 1.807) is 18.3 Å². The summed E-state index contributed by atoms with van der Waals surface area (Å²) >= 11 is 0. The maximum Gasteiger partial charge on any atom is 0.250 e. The van der Waals surface area contributed by atoms with Crippen LogP contribution in [0.5, 0.6) is 11.6 Å². The Labute approximate surface area is 187 Å². The predicted molar refractivity (Wildman–Crippen MR) is 126 cm³/mol. The summed E-state index contributed by atoms with van der Waals surface area (Å²) in [7, 11) is 0. The van der Waals surface area contributed by atoms with Crippen LogP contribution in [0.3, 0.4) is 0 Å². The molecule has 1 saturated heterocycles. The number of ether oxygens (including phenoxy) is 1. The van der Waals surface area contributed by atoms with E-state index in [1.165, 1.54) is 0 Å². The van der Waals surface area contributed by atoms with Crippen LogP contribution in [0.15, 0.2) is 42.6 Å². The topological polar surface area (TPSA) is 123 Å². The Morgan fingerprint density at radius 3 is 2.75 bits per heavy atom. The summed E-state index contributed by atoms with van der Waals surface area (Å²) in [6, 6.07) is 10.8. The number of nitrogens with one attached hydrogen (secondary N) is 1. The molecule has 1 amide bonds. The number of aromatic hydroxyl groups is 1. The second-order valence-corrected chi connectivity index (χ2v) is 8.30. The van der Waals surface area contributed by atoms with Crippen molar-refractivity contribution in [1.82, 2.24) is 10.3 Å². The van der Waals surface area contributed by atoms with Gasteiger partial charge >= 0.3 is 0 Å². The van der Waals surface area contributed by atoms with Gasteiger partial charge < -0.3 is 26.6 Å². The Hall–Kier alpha value is -3.58. The smallest absolute Gasteiger partial charge is 0.250 e. The number of phenols is 1. The third-order valence-electron chi connectivity index (χ3n) is 6.06. The second kappa shape index (κ2) is 8.88. The molecule has 2 heterocycles. The van der Waals surface area contributed by atoms with Crippen LogP contribution in [0, 0.1) is 19.8 Å². The number of aryl methyl sites for hydroxylation is 1. The number of nitrogens with two attached hydrogens (primary N) is 2. The number of primary amides is 1. The molecule has 1 aliphatic heterocycles. The van der Waals surface area contributed by atoms with Gasteiger partial charge in [0.2, 0.25) is 5.88 Å². The van der Waals surface area contributed by atoms with Gasteiger partial charge in [-0.25, -0.2) is 4.98 Å². The van der Waals surface area contributed by atoms with E-state index in [2.05, 4.69) is 10.3 Å². The van der Waals surface area contributed by atoms with Gasteiger partial charge in [-0.2, -0.15) is 0 Å². The monoisotopic (exact) mass is 432 g/mol. The van der Waals surface area contributed by atoms with Gasteiger partial charge in [-0.15, -0.1) is 0 Å². The summed E-state index contributed by atoms with van der Waals surface area (Å²) in [5.41, 5.74) is 17.2. The van der Waals surface area contributed by atoms with Crippen LogP contribution in [-0.2, 0) is 0 Å². The molecule has 166 valence electrons. The number of aromatic nitrogens is 1. The van der Waals surface area contributed by atoms with Crippen molar-refractivity contribution in [2.75, 3.05) is 25.4 Å². The number of nitrogens with zero attached hydrogens (tertiary/aromatic N) is 1. The highest BCUT2D eigenvalue weighted by Gasteiger charge is 2.19. The average molecular weight is 433 g/mol. The fraction of sp³-hybridized carbons (Fsp3) is 0.280.